The van der Waals surface area contributed by atoms with Crippen molar-refractivity contribution in [2.75, 3.05) is 7.11 Å². The van der Waals surface area contributed by atoms with Gasteiger partial charge in [0.1, 0.15) is 0 Å². The van der Waals surface area contributed by atoms with Crippen LogP contribution in [-0.2, 0) is 21.3 Å². The predicted octanol–water partition coefficient (Wildman–Crippen LogP) is 1.92. The van der Waals surface area contributed by atoms with Crippen LogP contribution in [0.5, 0.6) is 0 Å². The maximum Gasteiger partial charge on any atom is 0.310 e. The van der Waals surface area contributed by atoms with E-state index >= 15 is 0 Å². The van der Waals surface area contributed by atoms with E-state index in [0.29, 0.717) is 0 Å². The number of hydrogen-bond acceptors (Lipinski definition) is 3. The molecule has 0 aliphatic heterocycles. The first-order chi connectivity index (χ1) is 7.99. The van der Waals surface area contributed by atoms with Crippen molar-refractivity contribution in [2.45, 2.75) is 18.2 Å². The third kappa shape index (κ3) is 3.36. The molecule has 0 fully saturated rings. The zero-order valence-corrected chi connectivity index (χ0v) is 10.5. The van der Waals surface area contributed by atoms with Crippen LogP contribution in [0.15, 0.2) is 10.9 Å². The Bertz CT molecular complexity index is 473. The van der Waals surface area contributed by atoms with E-state index in [1.54, 1.807) is 0 Å². The number of esters is 1. The summed E-state index contributed by atoms with van der Waals surface area (Å²) < 4.78 is 29.3. The summed E-state index contributed by atoms with van der Waals surface area (Å²) in [6.45, 7) is 0. The van der Waals surface area contributed by atoms with Gasteiger partial charge >= 0.3 is 5.97 Å². The maximum atomic E-state index is 12.4. The summed E-state index contributed by atoms with van der Waals surface area (Å²) in [6.07, 6.45) is -3.00. The van der Waals surface area contributed by atoms with Crippen LogP contribution >= 0.6 is 15.9 Å². The number of methoxy groups -OCH3 is 1. The number of pyridine rings is 1. The molecule has 0 saturated heterocycles. The average Bonchev–Trinajstić information content (AvgIpc) is 2.30. The minimum Gasteiger partial charge on any atom is -0.469 e. The molecule has 1 aromatic heterocycles. The first-order valence-electron chi connectivity index (χ1n) is 4.65. The van der Waals surface area contributed by atoms with Crippen molar-refractivity contribution in [2.24, 2.45) is 0 Å². The van der Waals surface area contributed by atoms with E-state index in [9.17, 15) is 18.4 Å². The van der Waals surface area contributed by atoms with E-state index in [4.69, 9.17) is 0 Å². The van der Waals surface area contributed by atoms with Gasteiger partial charge in [-0.05, 0) is 0 Å². The Morgan fingerprint density at radius 1 is 1.59 bits per heavy atom. The van der Waals surface area contributed by atoms with Crippen LogP contribution in [0.4, 0.5) is 8.78 Å². The van der Waals surface area contributed by atoms with Crippen molar-refractivity contribution in [3.05, 3.63) is 33.2 Å². The minimum absolute atomic E-state index is 0.137. The van der Waals surface area contributed by atoms with Crippen molar-refractivity contribution in [1.29, 1.82) is 0 Å². The molecule has 1 N–H and O–H groups in total. The fourth-order valence-corrected chi connectivity index (χ4v) is 1.78. The Morgan fingerprint density at radius 3 is 2.71 bits per heavy atom. The molecule has 1 rings (SSSR count). The van der Waals surface area contributed by atoms with Gasteiger partial charge in [-0.25, -0.2) is 8.78 Å². The second kappa shape index (κ2) is 5.90. The van der Waals surface area contributed by atoms with Gasteiger partial charge in [0.15, 0.2) is 5.43 Å². The molecule has 17 heavy (non-hydrogen) atoms. The van der Waals surface area contributed by atoms with Gasteiger partial charge in [-0.3, -0.25) is 9.59 Å². The lowest BCUT2D eigenvalue weighted by Crippen LogP contribution is -2.19. The largest absolute Gasteiger partial charge is 0.469 e. The van der Waals surface area contributed by atoms with Gasteiger partial charge in [0.05, 0.1) is 19.2 Å². The Morgan fingerprint density at radius 2 is 2.24 bits per heavy atom. The number of ether oxygens (including phenoxy) is 1. The minimum atomic E-state index is -2.76. The molecule has 0 aliphatic carbocycles. The average molecular weight is 310 g/mol. The topological polar surface area (TPSA) is 59.2 Å². The van der Waals surface area contributed by atoms with E-state index in [0.717, 1.165) is 6.07 Å². The Labute approximate surface area is 104 Å². The normalized spacial score (nSPS) is 10.6. The third-order valence-corrected chi connectivity index (χ3v) is 2.72. The molecule has 0 aliphatic rings. The van der Waals surface area contributed by atoms with Crippen LogP contribution in [0.25, 0.3) is 0 Å². The number of hydrogen-bond donors (Lipinski definition) is 1. The molecule has 4 nitrogen and oxygen atoms in total. The number of nitrogens with one attached hydrogen (secondary N) is 1. The van der Waals surface area contributed by atoms with Crippen LogP contribution in [0.2, 0.25) is 0 Å². The fourth-order valence-electron chi connectivity index (χ4n) is 1.30. The molecule has 0 bridgehead atoms. The van der Waals surface area contributed by atoms with Crippen molar-refractivity contribution in [3.8, 4) is 0 Å². The number of rotatable bonds is 4. The lowest BCUT2D eigenvalue weighted by atomic mass is 10.1. The van der Waals surface area contributed by atoms with Crippen molar-refractivity contribution < 1.29 is 18.3 Å². The molecule has 0 saturated carbocycles. The monoisotopic (exact) mass is 309 g/mol. The van der Waals surface area contributed by atoms with Crippen LogP contribution in [0, 0.1) is 0 Å². The number of H-pyrrole nitrogens is 1. The van der Waals surface area contributed by atoms with Gasteiger partial charge in [-0.2, -0.15) is 0 Å². The smallest absolute Gasteiger partial charge is 0.310 e. The third-order valence-electron chi connectivity index (χ3n) is 2.16. The zero-order chi connectivity index (χ0) is 13.0. The van der Waals surface area contributed by atoms with Crippen LogP contribution in [0.3, 0.4) is 0 Å². The van der Waals surface area contributed by atoms with Crippen molar-refractivity contribution in [1.82, 2.24) is 4.98 Å². The zero-order valence-electron chi connectivity index (χ0n) is 8.93. The molecule has 1 heterocycles. The van der Waals surface area contributed by atoms with E-state index in [1.165, 1.54) is 7.11 Å². The summed E-state index contributed by atoms with van der Waals surface area (Å²) in [4.78, 5) is 25.1. The molecule has 1 aromatic rings. The summed E-state index contributed by atoms with van der Waals surface area (Å²) in [5.41, 5.74) is -0.659. The Kier molecular flexibility index (Phi) is 4.80. The van der Waals surface area contributed by atoms with Gasteiger partial charge in [0.25, 0.3) is 6.43 Å². The van der Waals surface area contributed by atoms with Gasteiger partial charge in [-0.1, -0.05) is 15.9 Å². The van der Waals surface area contributed by atoms with E-state index < -0.39 is 23.5 Å². The van der Waals surface area contributed by atoms with E-state index in [2.05, 4.69) is 25.7 Å². The number of alkyl halides is 3. The molecule has 7 heteroatoms. The van der Waals surface area contributed by atoms with Crippen LogP contribution in [0.1, 0.15) is 23.4 Å². The molecule has 0 aromatic carbocycles. The SMILES string of the molecule is COC(=O)Cc1c(CBr)[nH]c(C(F)F)cc1=O. The number of carbonyl (C=O) groups excluding carboxylic acids is 1. The maximum absolute atomic E-state index is 12.4. The van der Waals surface area contributed by atoms with E-state index in [-0.39, 0.29) is 23.0 Å². The quantitative estimate of drug-likeness (QED) is 0.683. The van der Waals surface area contributed by atoms with Gasteiger partial charge in [-0.15, -0.1) is 0 Å². The first-order valence-corrected chi connectivity index (χ1v) is 5.77. The summed E-state index contributed by atoms with van der Waals surface area (Å²) >= 11 is 3.07. The molecule has 0 spiro atoms. The highest BCUT2D eigenvalue weighted by atomic mass is 79.9. The highest BCUT2D eigenvalue weighted by Gasteiger charge is 2.16. The van der Waals surface area contributed by atoms with Gasteiger partial charge < -0.3 is 9.72 Å². The molecule has 0 radical (unpaired) electrons. The lowest BCUT2D eigenvalue weighted by Gasteiger charge is -2.08. The van der Waals surface area contributed by atoms with Crippen LogP contribution < -0.4 is 5.43 Å². The summed E-state index contributed by atoms with van der Waals surface area (Å²) in [7, 11) is 1.19. The van der Waals surface area contributed by atoms with Gasteiger partial charge in [0.2, 0.25) is 0 Å². The van der Waals surface area contributed by atoms with E-state index in [1.807, 2.05) is 0 Å². The van der Waals surface area contributed by atoms with Crippen LogP contribution in [-0.4, -0.2) is 18.1 Å². The molecular weight excluding hydrogens is 300 g/mol. The van der Waals surface area contributed by atoms with Gasteiger partial charge in [0, 0.05) is 22.7 Å². The first kappa shape index (κ1) is 13.8. The van der Waals surface area contributed by atoms with Crippen molar-refractivity contribution in [3.63, 3.8) is 0 Å². The molecule has 0 amide bonds. The lowest BCUT2D eigenvalue weighted by molar-refractivity contribution is -0.139. The summed E-state index contributed by atoms with van der Waals surface area (Å²) in [5, 5.41) is 0.176. The number of aromatic nitrogens is 1. The number of halogens is 3. The van der Waals surface area contributed by atoms with Crippen molar-refractivity contribution >= 4 is 21.9 Å². The molecule has 94 valence electrons. The molecule has 0 unspecified atom stereocenters. The Hall–Kier alpha value is -1.24. The predicted molar refractivity (Wildman–Crippen MR) is 60.4 cm³/mol. The number of carbonyl (C=O) groups is 1. The molecule has 0 atom stereocenters. The second-order valence-electron chi connectivity index (χ2n) is 3.23. The Balaban J connectivity index is 3.21. The standard InChI is InChI=1S/C10H10BrF2NO3/c1-17-9(16)2-5-7(4-11)14-6(10(12)13)3-8(5)15/h3,10H,2,4H2,1H3,(H,14,15). The molecular formula is C10H10BrF2NO3. The summed E-state index contributed by atoms with van der Waals surface area (Å²) in [5.74, 6) is -0.595. The fraction of sp³-hybridized carbons (Fsp3) is 0.400. The number of aromatic amines is 1. The highest BCUT2D eigenvalue weighted by Crippen LogP contribution is 2.17. The second-order valence-corrected chi connectivity index (χ2v) is 3.79. The summed E-state index contributed by atoms with van der Waals surface area (Å²) in [6, 6.07) is 0.801. The highest BCUT2D eigenvalue weighted by molar-refractivity contribution is 9.08.